The molecule has 1 aliphatic carbocycles. The first-order valence-corrected chi connectivity index (χ1v) is 9.53. The van der Waals surface area contributed by atoms with Gasteiger partial charge in [-0.05, 0) is 49.3 Å². The summed E-state index contributed by atoms with van der Waals surface area (Å²) >= 11 is 0. The SMILES string of the molecule is COc1cc([C@H]2OC[C@](O)(C[C@@H]3CC[C@@H](O)[C@H](OC)C3)[C@]2(O)CO)ccc1O. The number of aliphatic hydroxyl groups is 4. The van der Waals surface area contributed by atoms with Crippen LogP contribution < -0.4 is 4.74 Å². The van der Waals surface area contributed by atoms with Gasteiger partial charge in [0, 0.05) is 7.11 Å². The second-order valence-electron chi connectivity index (χ2n) is 7.96. The number of hydrogen-bond donors (Lipinski definition) is 5. The lowest BCUT2D eigenvalue weighted by molar-refractivity contribution is -0.170. The van der Waals surface area contributed by atoms with E-state index in [-0.39, 0.29) is 36.5 Å². The molecule has 6 atom stereocenters. The topological polar surface area (TPSA) is 129 Å². The number of methoxy groups -OCH3 is 2. The Labute approximate surface area is 164 Å². The molecular weight excluding hydrogens is 368 g/mol. The molecule has 8 nitrogen and oxygen atoms in total. The Morgan fingerprint density at radius 2 is 1.96 bits per heavy atom. The van der Waals surface area contributed by atoms with E-state index in [0.717, 1.165) is 0 Å². The molecule has 1 saturated carbocycles. The largest absolute Gasteiger partial charge is 0.504 e. The maximum absolute atomic E-state index is 11.3. The summed E-state index contributed by atoms with van der Waals surface area (Å²) < 4.78 is 16.2. The Morgan fingerprint density at radius 3 is 2.61 bits per heavy atom. The summed E-state index contributed by atoms with van der Waals surface area (Å²) in [5.74, 6) is 0.160. The van der Waals surface area contributed by atoms with Crippen molar-refractivity contribution in [3.63, 3.8) is 0 Å². The molecule has 2 aliphatic rings. The van der Waals surface area contributed by atoms with Gasteiger partial charge in [0.05, 0.1) is 32.5 Å². The van der Waals surface area contributed by atoms with E-state index in [4.69, 9.17) is 14.2 Å². The third kappa shape index (κ3) is 3.60. The third-order valence-corrected chi connectivity index (χ3v) is 6.27. The van der Waals surface area contributed by atoms with E-state index in [1.165, 1.54) is 19.2 Å². The molecule has 2 fully saturated rings. The van der Waals surface area contributed by atoms with Crippen LogP contribution in [0.1, 0.15) is 37.4 Å². The third-order valence-electron chi connectivity index (χ3n) is 6.27. The smallest absolute Gasteiger partial charge is 0.160 e. The first kappa shape index (κ1) is 21.3. The average molecular weight is 398 g/mol. The van der Waals surface area contributed by atoms with E-state index >= 15 is 0 Å². The zero-order valence-electron chi connectivity index (χ0n) is 16.2. The quantitative estimate of drug-likeness (QED) is 0.468. The monoisotopic (exact) mass is 398 g/mol. The fraction of sp³-hybridized carbons (Fsp3) is 0.700. The highest BCUT2D eigenvalue weighted by Gasteiger charge is 2.61. The van der Waals surface area contributed by atoms with Crippen molar-refractivity contribution in [2.45, 2.75) is 55.2 Å². The number of aromatic hydroxyl groups is 1. The van der Waals surface area contributed by atoms with Crippen LogP contribution in [-0.2, 0) is 9.47 Å². The van der Waals surface area contributed by atoms with E-state index in [2.05, 4.69) is 0 Å². The number of ether oxygens (including phenoxy) is 3. The van der Waals surface area contributed by atoms with Crippen molar-refractivity contribution < 1.29 is 39.7 Å². The Kier molecular flexibility index (Phi) is 6.19. The van der Waals surface area contributed by atoms with Crippen LogP contribution in [0.2, 0.25) is 0 Å². The zero-order chi connectivity index (χ0) is 20.5. The lowest BCUT2D eigenvalue weighted by Gasteiger charge is -2.42. The molecule has 0 aromatic heterocycles. The predicted octanol–water partition coefficient (Wildman–Crippen LogP) is 0.493. The lowest BCUT2D eigenvalue weighted by Crippen LogP contribution is -2.58. The molecule has 0 unspecified atom stereocenters. The first-order valence-electron chi connectivity index (χ1n) is 9.53. The number of phenols is 1. The Bertz CT molecular complexity index is 682. The van der Waals surface area contributed by atoms with Gasteiger partial charge < -0.3 is 39.7 Å². The summed E-state index contributed by atoms with van der Waals surface area (Å²) in [6, 6.07) is 4.50. The summed E-state index contributed by atoms with van der Waals surface area (Å²) in [4.78, 5) is 0. The fourth-order valence-corrected chi connectivity index (χ4v) is 4.54. The molecule has 28 heavy (non-hydrogen) atoms. The van der Waals surface area contributed by atoms with Crippen molar-refractivity contribution in [3.05, 3.63) is 23.8 Å². The molecule has 158 valence electrons. The molecular formula is C20H30O8. The van der Waals surface area contributed by atoms with Crippen LogP contribution >= 0.6 is 0 Å². The second kappa shape index (κ2) is 8.14. The summed E-state index contributed by atoms with van der Waals surface area (Å²) in [6.45, 7) is -0.838. The van der Waals surface area contributed by atoms with Crippen molar-refractivity contribution in [1.82, 2.24) is 0 Å². The van der Waals surface area contributed by atoms with E-state index in [9.17, 15) is 25.5 Å². The lowest BCUT2D eigenvalue weighted by atomic mass is 9.71. The van der Waals surface area contributed by atoms with Gasteiger partial charge in [-0.2, -0.15) is 0 Å². The van der Waals surface area contributed by atoms with Crippen LogP contribution in [0.3, 0.4) is 0 Å². The summed E-state index contributed by atoms with van der Waals surface area (Å²) in [6.07, 6.45) is 0.165. The molecule has 3 rings (SSSR count). The Morgan fingerprint density at radius 1 is 1.21 bits per heavy atom. The van der Waals surface area contributed by atoms with Crippen LogP contribution in [0, 0.1) is 5.92 Å². The van der Waals surface area contributed by atoms with Gasteiger partial charge in [0.1, 0.15) is 17.3 Å². The standard InChI is InChI=1S/C20H30O8/c1-26-16-7-12(3-5-14(16)22)9-19(24)11-28-18(20(19,25)10-21)13-4-6-15(23)17(8-13)27-2/h4,6,8,12,14,16,18,21-25H,3,5,7,9-11H2,1-2H3/t12-,14-,16-,18-,19-,20+/m1/s1. The number of rotatable bonds is 6. The molecule has 0 radical (unpaired) electrons. The normalized spacial score (nSPS) is 38.5. The molecule has 1 aromatic carbocycles. The molecule has 0 spiro atoms. The van der Waals surface area contributed by atoms with Crippen LogP contribution in [0.4, 0.5) is 0 Å². The van der Waals surface area contributed by atoms with Crippen LogP contribution in [-0.4, -0.2) is 76.4 Å². The van der Waals surface area contributed by atoms with Gasteiger partial charge in [-0.1, -0.05) is 6.07 Å². The predicted molar refractivity (Wildman–Crippen MR) is 99.1 cm³/mol. The Balaban J connectivity index is 1.83. The van der Waals surface area contributed by atoms with Crippen LogP contribution in [0.5, 0.6) is 11.5 Å². The minimum absolute atomic E-state index is 0.00753. The van der Waals surface area contributed by atoms with E-state index < -0.39 is 30.0 Å². The van der Waals surface area contributed by atoms with Crippen molar-refractivity contribution >= 4 is 0 Å². The number of aliphatic hydroxyl groups excluding tert-OH is 2. The van der Waals surface area contributed by atoms with Crippen LogP contribution in [0.25, 0.3) is 0 Å². The summed E-state index contributed by atoms with van der Waals surface area (Å²) in [5.41, 5.74) is -3.10. The first-order chi connectivity index (χ1) is 13.3. The second-order valence-corrected chi connectivity index (χ2v) is 7.96. The maximum Gasteiger partial charge on any atom is 0.160 e. The minimum Gasteiger partial charge on any atom is -0.504 e. The van der Waals surface area contributed by atoms with Gasteiger partial charge in [-0.25, -0.2) is 0 Å². The molecule has 1 saturated heterocycles. The molecule has 8 heteroatoms. The van der Waals surface area contributed by atoms with Gasteiger partial charge in [-0.15, -0.1) is 0 Å². The molecule has 5 N–H and O–H groups in total. The average Bonchev–Trinajstić information content (AvgIpc) is 2.95. The highest BCUT2D eigenvalue weighted by Crippen LogP contribution is 2.49. The molecule has 0 bridgehead atoms. The Hall–Kier alpha value is -1.42. The van der Waals surface area contributed by atoms with Gasteiger partial charge in [-0.3, -0.25) is 0 Å². The molecule has 1 aromatic rings. The molecule has 0 amide bonds. The highest BCUT2D eigenvalue weighted by molar-refractivity contribution is 5.43. The fourth-order valence-electron chi connectivity index (χ4n) is 4.54. The minimum atomic E-state index is -1.92. The number of benzene rings is 1. The van der Waals surface area contributed by atoms with Gasteiger partial charge in [0.2, 0.25) is 0 Å². The van der Waals surface area contributed by atoms with Crippen molar-refractivity contribution in [3.8, 4) is 11.5 Å². The zero-order valence-corrected chi connectivity index (χ0v) is 16.2. The molecule has 1 aliphatic heterocycles. The van der Waals surface area contributed by atoms with Crippen LogP contribution in [0.15, 0.2) is 18.2 Å². The van der Waals surface area contributed by atoms with Gasteiger partial charge in [0.25, 0.3) is 0 Å². The molecule has 1 heterocycles. The van der Waals surface area contributed by atoms with Gasteiger partial charge >= 0.3 is 0 Å². The summed E-state index contributed by atoms with van der Waals surface area (Å²) in [7, 11) is 2.95. The maximum atomic E-state index is 11.3. The highest BCUT2D eigenvalue weighted by atomic mass is 16.5. The van der Waals surface area contributed by atoms with Gasteiger partial charge in [0.15, 0.2) is 11.5 Å². The number of phenolic OH excluding ortho intramolecular Hbond substituents is 1. The van der Waals surface area contributed by atoms with E-state index in [1.54, 1.807) is 13.2 Å². The number of hydrogen-bond acceptors (Lipinski definition) is 8. The van der Waals surface area contributed by atoms with Crippen molar-refractivity contribution in [2.75, 3.05) is 27.4 Å². The van der Waals surface area contributed by atoms with Crippen molar-refractivity contribution in [2.24, 2.45) is 5.92 Å². The summed E-state index contributed by atoms with van der Waals surface area (Å²) in [5, 5.41) is 52.3. The van der Waals surface area contributed by atoms with E-state index in [1.807, 2.05) is 0 Å². The van der Waals surface area contributed by atoms with Crippen molar-refractivity contribution in [1.29, 1.82) is 0 Å². The van der Waals surface area contributed by atoms with E-state index in [0.29, 0.717) is 24.8 Å².